The molecule has 1 saturated heterocycles. The number of amides is 1. The van der Waals surface area contributed by atoms with Gasteiger partial charge in [0.1, 0.15) is 0 Å². The Hall–Kier alpha value is -1.89. The molecule has 21 heavy (non-hydrogen) atoms. The zero-order chi connectivity index (χ0) is 15.1. The highest BCUT2D eigenvalue weighted by Gasteiger charge is 2.13. The number of carbonyl (C=O) groups is 1. The Kier molecular flexibility index (Phi) is 5.74. The molecule has 7 nitrogen and oxygen atoms in total. The maximum atomic E-state index is 12.0. The van der Waals surface area contributed by atoms with E-state index in [4.69, 9.17) is 5.84 Å². The van der Waals surface area contributed by atoms with Gasteiger partial charge >= 0.3 is 0 Å². The van der Waals surface area contributed by atoms with Gasteiger partial charge in [0.05, 0.1) is 11.9 Å². The predicted molar refractivity (Wildman–Crippen MR) is 80.7 cm³/mol. The molecule has 7 heteroatoms. The van der Waals surface area contributed by atoms with Crippen molar-refractivity contribution in [3.05, 3.63) is 22.6 Å². The number of aryl methyl sites for hydroxylation is 1. The van der Waals surface area contributed by atoms with Crippen molar-refractivity contribution in [1.29, 1.82) is 0 Å². The van der Waals surface area contributed by atoms with Gasteiger partial charge in [0.25, 0.3) is 5.56 Å². The number of nitrogens with two attached hydrogens (primary N) is 1. The Morgan fingerprint density at radius 2 is 2.05 bits per heavy atom. The monoisotopic (exact) mass is 293 g/mol. The maximum Gasteiger partial charge on any atom is 0.268 e. The number of anilines is 1. The van der Waals surface area contributed by atoms with Crippen LogP contribution in [0.25, 0.3) is 0 Å². The summed E-state index contributed by atoms with van der Waals surface area (Å²) < 4.78 is 1.49. The van der Waals surface area contributed by atoms with E-state index in [-0.39, 0.29) is 11.5 Å². The van der Waals surface area contributed by atoms with Gasteiger partial charge in [-0.3, -0.25) is 15.0 Å². The summed E-state index contributed by atoms with van der Waals surface area (Å²) in [6.45, 7) is 2.60. The summed E-state index contributed by atoms with van der Waals surface area (Å²) in [7, 11) is 0. The SMILES string of the molecule is NNC(=O)CCCCCn1ncc(N2CCCC2)cc1=O. The molecule has 0 unspecified atom stereocenters. The second kappa shape index (κ2) is 7.78. The highest BCUT2D eigenvalue weighted by molar-refractivity contribution is 5.75. The Balaban J connectivity index is 1.78. The van der Waals surface area contributed by atoms with Crippen molar-refractivity contribution >= 4 is 11.6 Å². The topological polar surface area (TPSA) is 93.2 Å². The van der Waals surface area contributed by atoms with Gasteiger partial charge < -0.3 is 4.90 Å². The highest BCUT2D eigenvalue weighted by Crippen LogP contribution is 2.16. The smallest absolute Gasteiger partial charge is 0.268 e. The van der Waals surface area contributed by atoms with Gasteiger partial charge in [0, 0.05) is 32.1 Å². The summed E-state index contributed by atoms with van der Waals surface area (Å²) >= 11 is 0. The summed E-state index contributed by atoms with van der Waals surface area (Å²) in [5.74, 6) is 4.85. The van der Waals surface area contributed by atoms with Crippen LogP contribution in [0, 0.1) is 0 Å². The van der Waals surface area contributed by atoms with Gasteiger partial charge in [-0.1, -0.05) is 6.42 Å². The third kappa shape index (κ3) is 4.56. The first-order valence-electron chi connectivity index (χ1n) is 7.52. The standard InChI is InChI=1S/C14H23N5O2/c15-17-13(20)6-2-1-3-9-19-14(21)10-12(11-16-19)18-7-4-5-8-18/h10-11H,1-9,15H2,(H,17,20). The van der Waals surface area contributed by atoms with E-state index >= 15 is 0 Å². The van der Waals surface area contributed by atoms with Crippen LogP contribution < -0.4 is 21.7 Å². The number of hydrazine groups is 1. The predicted octanol–water partition coefficient (Wildman–Crippen LogP) is 0.394. The summed E-state index contributed by atoms with van der Waals surface area (Å²) in [5.41, 5.74) is 2.97. The molecule has 1 amide bonds. The molecule has 0 aliphatic carbocycles. The van der Waals surface area contributed by atoms with E-state index in [2.05, 4.69) is 15.4 Å². The van der Waals surface area contributed by atoms with Gasteiger partial charge in [0.15, 0.2) is 0 Å². The Morgan fingerprint density at radius 1 is 1.29 bits per heavy atom. The van der Waals surface area contributed by atoms with E-state index in [0.717, 1.165) is 38.0 Å². The normalized spacial score (nSPS) is 14.4. The van der Waals surface area contributed by atoms with Crippen molar-refractivity contribution < 1.29 is 4.79 Å². The fourth-order valence-corrected chi connectivity index (χ4v) is 2.54. The first kappa shape index (κ1) is 15.5. The molecule has 0 aromatic carbocycles. The Morgan fingerprint density at radius 3 is 2.71 bits per heavy atom. The summed E-state index contributed by atoms with van der Waals surface area (Å²) in [4.78, 5) is 25.2. The van der Waals surface area contributed by atoms with E-state index in [1.54, 1.807) is 12.3 Å². The average molecular weight is 293 g/mol. The van der Waals surface area contributed by atoms with E-state index in [0.29, 0.717) is 13.0 Å². The zero-order valence-electron chi connectivity index (χ0n) is 12.3. The van der Waals surface area contributed by atoms with Crippen molar-refractivity contribution in [1.82, 2.24) is 15.2 Å². The summed E-state index contributed by atoms with van der Waals surface area (Å²) in [6.07, 6.45) is 7.02. The first-order chi connectivity index (χ1) is 10.2. The van der Waals surface area contributed by atoms with Crippen molar-refractivity contribution in [2.45, 2.75) is 45.1 Å². The minimum atomic E-state index is -0.153. The fraction of sp³-hybridized carbons (Fsp3) is 0.643. The van der Waals surface area contributed by atoms with Crippen LogP contribution in [0.5, 0.6) is 0 Å². The van der Waals surface area contributed by atoms with E-state index < -0.39 is 0 Å². The van der Waals surface area contributed by atoms with Crippen LogP contribution in [-0.4, -0.2) is 28.8 Å². The lowest BCUT2D eigenvalue weighted by Gasteiger charge is -2.17. The van der Waals surface area contributed by atoms with Crippen molar-refractivity contribution in [2.75, 3.05) is 18.0 Å². The number of aromatic nitrogens is 2. The number of rotatable bonds is 7. The van der Waals surface area contributed by atoms with Gasteiger partial charge in [0.2, 0.25) is 5.91 Å². The zero-order valence-corrected chi connectivity index (χ0v) is 12.3. The quantitative estimate of drug-likeness (QED) is 0.328. The molecule has 1 aliphatic rings. The molecule has 116 valence electrons. The molecular formula is C14H23N5O2. The summed E-state index contributed by atoms with van der Waals surface area (Å²) in [5, 5.41) is 4.23. The molecule has 1 aliphatic heterocycles. The van der Waals surface area contributed by atoms with Crippen molar-refractivity contribution in [3.63, 3.8) is 0 Å². The molecule has 0 spiro atoms. The Bertz CT molecular complexity index is 522. The number of nitrogens with one attached hydrogen (secondary N) is 1. The second-order valence-corrected chi connectivity index (χ2v) is 5.35. The highest BCUT2D eigenvalue weighted by atomic mass is 16.2. The number of nitrogens with zero attached hydrogens (tertiary/aromatic N) is 3. The number of hydrogen-bond donors (Lipinski definition) is 2. The lowest BCUT2D eigenvalue weighted by atomic mass is 10.2. The minimum Gasteiger partial charge on any atom is -0.370 e. The molecule has 0 saturated carbocycles. The van der Waals surface area contributed by atoms with E-state index in [9.17, 15) is 9.59 Å². The molecule has 2 rings (SSSR count). The van der Waals surface area contributed by atoms with Crippen LogP contribution in [-0.2, 0) is 11.3 Å². The second-order valence-electron chi connectivity index (χ2n) is 5.35. The first-order valence-corrected chi connectivity index (χ1v) is 7.52. The van der Waals surface area contributed by atoms with Crippen molar-refractivity contribution in [2.24, 2.45) is 5.84 Å². The van der Waals surface area contributed by atoms with E-state index in [1.165, 1.54) is 17.5 Å². The van der Waals surface area contributed by atoms with Crippen LogP contribution in [0.1, 0.15) is 38.5 Å². The third-order valence-corrected chi connectivity index (χ3v) is 3.76. The molecule has 1 aromatic rings. The minimum absolute atomic E-state index is 0.0564. The van der Waals surface area contributed by atoms with Crippen LogP contribution in [0.2, 0.25) is 0 Å². The third-order valence-electron chi connectivity index (χ3n) is 3.76. The van der Waals surface area contributed by atoms with Gasteiger partial charge in [-0.25, -0.2) is 10.5 Å². The van der Waals surface area contributed by atoms with Crippen LogP contribution in [0.15, 0.2) is 17.1 Å². The average Bonchev–Trinajstić information content (AvgIpc) is 3.02. The molecule has 1 aromatic heterocycles. The summed E-state index contributed by atoms with van der Waals surface area (Å²) in [6, 6.07) is 1.67. The number of carbonyl (C=O) groups excluding carboxylic acids is 1. The molecular weight excluding hydrogens is 270 g/mol. The molecule has 3 N–H and O–H groups in total. The van der Waals surface area contributed by atoms with Crippen LogP contribution in [0.4, 0.5) is 5.69 Å². The van der Waals surface area contributed by atoms with Gasteiger partial charge in [-0.05, 0) is 25.7 Å². The largest absolute Gasteiger partial charge is 0.370 e. The van der Waals surface area contributed by atoms with Gasteiger partial charge in [-0.2, -0.15) is 5.10 Å². The Labute approximate surface area is 124 Å². The molecule has 0 bridgehead atoms. The maximum absolute atomic E-state index is 12.0. The van der Waals surface area contributed by atoms with Gasteiger partial charge in [-0.15, -0.1) is 0 Å². The number of unbranched alkanes of at least 4 members (excludes halogenated alkanes) is 2. The van der Waals surface area contributed by atoms with E-state index in [1.807, 2.05) is 0 Å². The number of hydrogen-bond acceptors (Lipinski definition) is 5. The molecule has 2 heterocycles. The van der Waals surface area contributed by atoms with Crippen molar-refractivity contribution in [3.8, 4) is 0 Å². The lowest BCUT2D eigenvalue weighted by molar-refractivity contribution is -0.121. The van der Waals surface area contributed by atoms with Crippen LogP contribution >= 0.6 is 0 Å². The lowest BCUT2D eigenvalue weighted by Crippen LogP contribution is -2.29. The molecule has 1 fully saturated rings. The van der Waals surface area contributed by atoms with Crippen LogP contribution in [0.3, 0.4) is 0 Å². The fourth-order valence-electron chi connectivity index (χ4n) is 2.54. The molecule has 0 radical (unpaired) electrons. The molecule has 0 atom stereocenters.